The summed E-state index contributed by atoms with van der Waals surface area (Å²) in [5, 5.41) is 9.04. The van der Waals surface area contributed by atoms with E-state index in [2.05, 4.69) is 25.3 Å². The number of benzene rings is 2. The van der Waals surface area contributed by atoms with Crippen molar-refractivity contribution in [2.45, 2.75) is 4.90 Å². The molecule has 2 aromatic heterocycles. The molecular weight excluding hydrogens is 382 g/mol. The highest BCUT2D eigenvalue weighted by Crippen LogP contribution is 2.24. The topological polar surface area (TPSA) is 162 Å². The van der Waals surface area contributed by atoms with E-state index in [1.807, 2.05) is 24.4 Å². The Morgan fingerprint density at radius 3 is 2.54 bits per heavy atom. The highest BCUT2D eigenvalue weighted by Gasteiger charge is 2.10. The maximum atomic E-state index is 11.3. The average molecular weight is 397 g/mol. The number of aromatic amines is 1. The lowest BCUT2D eigenvalue weighted by atomic mass is 10.2. The lowest BCUT2D eigenvalue weighted by molar-refractivity contribution is 0.442. The summed E-state index contributed by atoms with van der Waals surface area (Å²) in [6.07, 6.45) is 1.83. The van der Waals surface area contributed by atoms with Gasteiger partial charge in [0.2, 0.25) is 21.9 Å². The van der Waals surface area contributed by atoms with Crippen LogP contribution < -0.4 is 20.9 Å². The molecule has 11 heteroatoms. The van der Waals surface area contributed by atoms with E-state index in [0.717, 1.165) is 10.9 Å². The van der Waals surface area contributed by atoms with E-state index in [1.54, 1.807) is 6.07 Å². The molecule has 0 saturated heterocycles. The summed E-state index contributed by atoms with van der Waals surface area (Å²) in [7, 11) is -3.76. The number of hydrogen-bond donors (Lipinski definition) is 4. The van der Waals surface area contributed by atoms with Crippen LogP contribution in [0.2, 0.25) is 0 Å². The molecular formula is C17H15N7O3S. The molecule has 0 amide bonds. The van der Waals surface area contributed by atoms with Crippen molar-refractivity contribution >= 4 is 38.5 Å². The van der Waals surface area contributed by atoms with Gasteiger partial charge in [0.05, 0.1) is 4.90 Å². The van der Waals surface area contributed by atoms with Crippen LogP contribution in [0.5, 0.6) is 11.8 Å². The first-order valence-corrected chi connectivity index (χ1v) is 9.58. The first-order valence-electron chi connectivity index (χ1n) is 8.03. The summed E-state index contributed by atoms with van der Waals surface area (Å²) in [6, 6.07) is 13.3. The minimum Gasteiger partial charge on any atom is -0.424 e. The Morgan fingerprint density at radius 1 is 1.00 bits per heavy atom. The second kappa shape index (κ2) is 6.79. The van der Waals surface area contributed by atoms with Crippen molar-refractivity contribution in [1.82, 2.24) is 19.9 Å². The molecule has 0 saturated carbocycles. The van der Waals surface area contributed by atoms with Crippen LogP contribution in [0.15, 0.2) is 59.6 Å². The summed E-state index contributed by atoms with van der Waals surface area (Å²) in [6.45, 7) is 0. The van der Waals surface area contributed by atoms with Crippen molar-refractivity contribution in [2.24, 2.45) is 5.14 Å². The number of hydrogen-bond acceptors (Lipinski definition) is 8. The van der Waals surface area contributed by atoms with Crippen LogP contribution in [0.1, 0.15) is 0 Å². The molecule has 0 spiro atoms. The fourth-order valence-corrected chi connectivity index (χ4v) is 3.04. The largest absolute Gasteiger partial charge is 0.424 e. The summed E-state index contributed by atoms with van der Waals surface area (Å²) in [5.41, 5.74) is 7.19. The summed E-state index contributed by atoms with van der Waals surface area (Å²) in [5.74, 6) is 0.644. The molecule has 0 unspecified atom stereocenters. The van der Waals surface area contributed by atoms with E-state index >= 15 is 0 Å². The predicted molar refractivity (Wildman–Crippen MR) is 104 cm³/mol. The van der Waals surface area contributed by atoms with Crippen LogP contribution in [0, 0.1) is 0 Å². The molecule has 142 valence electrons. The Morgan fingerprint density at radius 2 is 1.79 bits per heavy atom. The third-order valence-electron chi connectivity index (χ3n) is 3.81. The Balaban J connectivity index is 1.56. The SMILES string of the molecule is Nc1nc(Nc2ccc(S(N)(=O)=O)cc2)nc(Oc2ccc3cc[nH]c3c2)n1. The molecule has 2 heterocycles. The first-order chi connectivity index (χ1) is 13.4. The van der Waals surface area contributed by atoms with E-state index in [0.29, 0.717) is 11.4 Å². The molecule has 0 aliphatic carbocycles. The van der Waals surface area contributed by atoms with Crippen LogP contribution >= 0.6 is 0 Å². The van der Waals surface area contributed by atoms with Crippen molar-refractivity contribution < 1.29 is 13.2 Å². The number of rotatable bonds is 5. The van der Waals surface area contributed by atoms with Gasteiger partial charge in [-0.2, -0.15) is 15.0 Å². The molecule has 0 atom stereocenters. The summed E-state index contributed by atoms with van der Waals surface area (Å²) < 4.78 is 28.3. The molecule has 28 heavy (non-hydrogen) atoms. The molecule has 0 aliphatic heterocycles. The zero-order chi connectivity index (χ0) is 19.7. The van der Waals surface area contributed by atoms with E-state index in [1.165, 1.54) is 24.3 Å². The van der Waals surface area contributed by atoms with E-state index < -0.39 is 10.0 Å². The van der Waals surface area contributed by atoms with Crippen molar-refractivity contribution in [3.05, 3.63) is 54.7 Å². The molecule has 4 rings (SSSR count). The third-order valence-corrected chi connectivity index (χ3v) is 4.74. The molecule has 0 radical (unpaired) electrons. The molecule has 0 aliphatic rings. The second-order valence-electron chi connectivity index (χ2n) is 5.82. The highest BCUT2D eigenvalue weighted by molar-refractivity contribution is 7.89. The van der Waals surface area contributed by atoms with Gasteiger partial charge in [0.25, 0.3) is 0 Å². The molecule has 0 fully saturated rings. The number of nitrogen functional groups attached to an aromatic ring is 1. The van der Waals surface area contributed by atoms with E-state index in [-0.39, 0.29) is 22.8 Å². The predicted octanol–water partition coefficient (Wildman–Crippen LogP) is 2.12. The zero-order valence-electron chi connectivity index (χ0n) is 14.3. The van der Waals surface area contributed by atoms with Gasteiger partial charge in [0.1, 0.15) is 5.75 Å². The van der Waals surface area contributed by atoms with Gasteiger partial charge in [-0.05, 0) is 47.9 Å². The number of primary sulfonamides is 1. The molecule has 2 aromatic carbocycles. The van der Waals surface area contributed by atoms with Gasteiger partial charge in [-0.3, -0.25) is 0 Å². The number of ether oxygens (including phenoxy) is 1. The number of fused-ring (bicyclic) bond motifs is 1. The fourth-order valence-electron chi connectivity index (χ4n) is 2.53. The van der Waals surface area contributed by atoms with Crippen LogP contribution in [0.25, 0.3) is 10.9 Å². The van der Waals surface area contributed by atoms with E-state index in [9.17, 15) is 8.42 Å². The maximum absolute atomic E-state index is 11.3. The lowest BCUT2D eigenvalue weighted by Gasteiger charge is -2.08. The van der Waals surface area contributed by atoms with Crippen LogP contribution in [-0.4, -0.2) is 28.4 Å². The van der Waals surface area contributed by atoms with Gasteiger partial charge >= 0.3 is 6.01 Å². The Bertz CT molecular complexity index is 1250. The molecule has 10 nitrogen and oxygen atoms in total. The Kier molecular flexibility index (Phi) is 4.29. The van der Waals surface area contributed by atoms with Crippen LogP contribution in [0.4, 0.5) is 17.6 Å². The van der Waals surface area contributed by atoms with Gasteiger partial charge in [-0.25, -0.2) is 13.6 Å². The van der Waals surface area contributed by atoms with Gasteiger partial charge in [0.15, 0.2) is 0 Å². The van der Waals surface area contributed by atoms with Crippen molar-refractivity contribution in [3.8, 4) is 11.8 Å². The lowest BCUT2D eigenvalue weighted by Crippen LogP contribution is -2.12. The Labute approximate surface area is 159 Å². The van der Waals surface area contributed by atoms with Crippen LogP contribution in [0.3, 0.4) is 0 Å². The smallest absolute Gasteiger partial charge is 0.328 e. The maximum Gasteiger partial charge on any atom is 0.328 e. The number of aromatic nitrogens is 4. The number of nitrogens with two attached hydrogens (primary N) is 2. The van der Waals surface area contributed by atoms with Crippen molar-refractivity contribution in [3.63, 3.8) is 0 Å². The minimum absolute atomic E-state index is 0.00283. The third kappa shape index (κ3) is 3.84. The van der Waals surface area contributed by atoms with Gasteiger partial charge in [-0.1, -0.05) is 0 Å². The van der Waals surface area contributed by atoms with E-state index in [4.69, 9.17) is 15.6 Å². The number of nitrogens with one attached hydrogen (secondary N) is 2. The normalized spacial score (nSPS) is 11.5. The summed E-state index contributed by atoms with van der Waals surface area (Å²) in [4.78, 5) is 15.2. The molecule has 4 aromatic rings. The van der Waals surface area contributed by atoms with Crippen LogP contribution in [-0.2, 0) is 10.0 Å². The zero-order valence-corrected chi connectivity index (χ0v) is 15.1. The Hall–Kier alpha value is -3.70. The van der Waals surface area contributed by atoms with Gasteiger partial charge in [0, 0.05) is 23.5 Å². The first kappa shape index (κ1) is 17.7. The van der Waals surface area contributed by atoms with Gasteiger partial charge in [-0.15, -0.1) is 0 Å². The number of sulfonamides is 1. The molecule has 6 N–H and O–H groups in total. The number of anilines is 3. The second-order valence-corrected chi connectivity index (χ2v) is 7.38. The number of H-pyrrole nitrogens is 1. The standard InChI is InChI=1S/C17H15N7O3S/c18-15-22-16(21-11-2-5-13(6-3-11)28(19,25)26)24-17(23-15)27-12-4-1-10-7-8-20-14(10)9-12/h1-9,20H,(H2,19,25,26)(H3,18,21,22,23,24). The quantitative estimate of drug-likeness (QED) is 0.398. The highest BCUT2D eigenvalue weighted by atomic mass is 32.2. The number of nitrogens with zero attached hydrogens (tertiary/aromatic N) is 3. The fraction of sp³-hybridized carbons (Fsp3) is 0. The van der Waals surface area contributed by atoms with Crippen molar-refractivity contribution in [2.75, 3.05) is 11.1 Å². The monoisotopic (exact) mass is 397 g/mol. The minimum atomic E-state index is -3.76. The average Bonchev–Trinajstić information content (AvgIpc) is 3.08. The molecule has 0 bridgehead atoms. The summed E-state index contributed by atoms with van der Waals surface area (Å²) >= 11 is 0. The van der Waals surface area contributed by atoms with Crippen molar-refractivity contribution in [1.29, 1.82) is 0 Å². The van der Waals surface area contributed by atoms with Gasteiger partial charge < -0.3 is 20.8 Å².